The third-order valence-electron chi connectivity index (χ3n) is 3.12. The van der Waals surface area contributed by atoms with E-state index in [-0.39, 0.29) is 5.92 Å². The van der Waals surface area contributed by atoms with Crippen LogP contribution in [0.3, 0.4) is 0 Å². The molecule has 0 bridgehead atoms. The molecule has 1 aliphatic heterocycles. The second kappa shape index (κ2) is 4.86. The van der Waals surface area contributed by atoms with Crippen LogP contribution in [0.1, 0.15) is 17.0 Å². The third-order valence-corrected chi connectivity index (χ3v) is 4.30. The van der Waals surface area contributed by atoms with Gasteiger partial charge in [-0.15, -0.1) is 0 Å². The maximum Gasteiger partial charge on any atom is 0.417 e. The number of carbonyl (C=O) groups excluding carboxylic acids is 1. The van der Waals surface area contributed by atoms with Crippen molar-refractivity contribution >= 4 is 18.2 Å². The molecule has 0 aliphatic carbocycles. The van der Waals surface area contributed by atoms with Gasteiger partial charge in [0.2, 0.25) is 0 Å². The number of rotatable bonds is 3. The summed E-state index contributed by atoms with van der Waals surface area (Å²) in [6, 6.07) is 16.5. The van der Waals surface area contributed by atoms with Crippen LogP contribution in [0.2, 0.25) is 0 Å². The quantitative estimate of drug-likeness (QED) is 0.841. The Balaban J connectivity index is 2.08. The van der Waals surface area contributed by atoms with Gasteiger partial charge in [0.05, 0.1) is 0 Å². The summed E-state index contributed by atoms with van der Waals surface area (Å²) in [6.45, 7) is 1.87. The van der Waals surface area contributed by atoms with E-state index < -0.39 is 0 Å². The minimum absolute atomic E-state index is 0.111. The van der Waals surface area contributed by atoms with Crippen molar-refractivity contribution in [1.29, 1.82) is 0 Å². The zero-order valence-corrected chi connectivity index (χ0v) is 10.4. The van der Waals surface area contributed by atoms with Crippen molar-refractivity contribution in [3.8, 4) is 0 Å². The standard InChI is InChI=1S/C15H11O2S/c16-10-17-9-13-11-5-1-3-7-14(11)18-15-8-4-2-6-12(13)15/h1-8,13H,9H2. The molecule has 0 aromatic heterocycles. The smallest absolute Gasteiger partial charge is 0.417 e. The maximum absolute atomic E-state index is 10.3. The normalized spacial score (nSPS) is 13.6. The van der Waals surface area contributed by atoms with Crippen LogP contribution in [0.5, 0.6) is 0 Å². The average Bonchev–Trinajstić information content (AvgIpc) is 2.43. The Hall–Kier alpha value is -1.74. The van der Waals surface area contributed by atoms with Crippen LogP contribution in [-0.2, 0) is 9.53 Å². The maximum atomic E-state index is 10.3. The minimum Gasteiger partial charge on any atom is -0.456 e. The summed E-state index contributed by atoms with van der Waals surface area (Å²) in [6.07, 6.45) is 0. The van der Waals surface area contributed by atoms with E-state index in [1.165, 1.54) is 27.4 Å². The summed E-state index contributed by atoms with van der Waals surface area (Å²) >= 11 is 1.77. The first-order valence-corrected chi connectivity index (χ1v) is 6.56. The Labute approximate surface area is 110 Å². The monoisotopic (exact) mass is 255 g/mol. The van der Waals surface area contributed by atoms with Crippen LogP contribution in [0.4, 0.5) is 0 Å². The molecule has 0 spiro atoms. The summed E-state index contributed by atoms with van der Waals surface area (Å²) < 4.78 is 4.87. The fourth-order valence-corrected chi connectivity index (χ4v) is 3.49. The Bertz CT molecular complexity index is 535. The Morgan fingerprint density at radius 3 is 2.11 bits per heavy atom. The zero-order valence-electron chi connectivity index (χ0n) is 9.63. The molecule has 1 heterocycles. The van der Waals surface area contributed by atoms with Gasteiger partial charge in [-0.1, -0.05) is 48.2 Å². The summed E-state index contributed by atoms with van der Waals surface area (Å²) in [5.74, 6) is 0.111. The van der Waals surface area contributed by atoms with Crippen LogP contribution in [-0.4, -0.2) is 13.1 Å². The van der Waals surface area contributed by atoms with Crippen molar-refractivity contribution in [3.63, 3.8) is 0 Å². The number of benzene rings is 2. The molecule has 89 valence electrons. The molecule has 0 saturated carbocycles. The zero-order chi connectivity index (χ0) is 12.4. The van der Waals surface area contributed by atoms with Crippen molar-refractivity contribution < 1.29 is 9.53 Å². The molecule has 0 amide bonds. The predicted octanol–water partition coefficient (Wildman–Crippen LogP) is 3.37. The molecule has 2 aromatic rings. The van der Waals surface area contributed by atoms with Crippen LogP contribution in [0.25, 0.3) is 0 Å². The molecule has 0 N–H and O–H groups in total. The average molecular weight is 255 g/mol. The number of fused-ring (bicyclic) bond motifs is 2. The van der Waals surface area contributed by atoms with E-state index in [9.17, 15) is 4.79 Å². The highest BCUT2D eigenvalue weighted by Crippen LogP contribution is 2.45. The topological polar surface area (TPSA) is 26.3 Å². The Morgan fingerprint density at radius 1 is 1.00 bits per heavy atom. The molecule has 3 heteroatoms. The first kappa shape index (κ1) is 11.4. The van der Waals surface area contributed by atoms with E-state index in [4.69, 9.17) is 4.74 Å². The predicted molar refractivity (Wildman–Crippen MR) is 70.5 cm³/mol. The van der Waals surface area contributed by atoms with Crippen LogP contribution >= 0.6 is 11.8 Å². The summed E-state index contributed by atoms with van der Waals surface area (Å²) in [7, 11) is 0. The molecular weight excluding hydrogens is 244 g/mol. The highest BCUT2D eigenvalue weighted by molar-refractivity contribution is 7.99. The van der Waals surface area contributed by atoms with Gasteiger partial charge in [-0.2, -0.15) is 0 Å². The SMILES string of the molecule is O=[C]OCC1c2ccccc2Sc2ccccc21. The number of hydrogen-bond donors (Lipinski definition) is 0. The van der Waals surface area contributed by atoms with Crippen molar-refractivity contribution in [2.45, 2.75) is 15.7 Å². The van der Waals surface area contributed by atoms with E-state index >= 15 is 0 Å². The molecule has 1 aliphatic rings. The number of ether oxygens (including phenoxy) is 1. The van der Waals surface area contributed by atoms with Gasteiger partial charge in [0.1, 0.15) is 6.61 Å². The molecule has 0 fully saturated rings. The van der Waals surface area contributed by atoms with Gasteiger partial charge in [-0.05, 0) is 23.3 Å². The minimum atomic E-state index is 0.111. The lowest BCUT2D eigenvalue weighted by atomic mass is 9.91. The molecule has 0 atom stereocenters. The lowest BCUT2D eigenvalue weighted by Gasteiger charge is -2.26. The van der Waals surface area contributed by atoms with E-state index in [2.05, 4.69) is 24.3 Å². The van der Waals surface area contributed by atoms with Gasteiger partial charge >= 0.3 is 6.47 Å². The fraction of sp³-hybridized carbons (Fsp3) is 0.133. The number of hydrogen-bond acceptors (Lipinski definition) is 3. The van der Waals surface area contributed by atoms with E-state index in [0.717, 1.165) is 0 Å². The lowest BCUT2D eigenvalue weighted by Crippen LogP contribution is -2.14. The second-order valence-corrected chi connectivity index (χ2v) is 5.21. The molecule has 18 heavy (non-hydrogen) atoms. The van der Waals surface area contributed by atoms with Crippen molar-refractivity contribution in [3.05, 3.63) is 59.7 Å². The van der Waals surface area contributed by atoms with Gasteiger partial charge in [0.25, 0.3) is 0 Å². The molecule has 3 rings (SSSR count). The summed E-state index contributed by atoms with van der Waals surface area (Å²) in [5.41, 5.74) is 2.44. The van der Waals surface area contributed by atoms with Crippen LogP contribution in [0.15, 0.2) is 58.3 Å². The molecule has 2 nitrogen and oxygen atoms in total. The van der Waals surface area contributed by atoms with Gasteiger partial charge in [-0.25, -0.2) is 4.79 Å². The first-order valence-electron chi connectivity index (χ1n) is 5.75. The Kier molecular flexibility index (Phi) is 3.07. The lowest BCUT2D eigenvalue weighted by molar-refractivity contribution is 0.265. The molecule has 1 radical (unpaired) electrons. The largest absolute Gasteiger partial charge is 0.456 e. The summed E-state index contributed by atoms with van der Waals surface area (Å²) in [5, 5.41) is 0. The van der Waals surface area contributed by atoms with Gasteiger partial charge in [0.15, 0.2) is 0 Å². The first-order chi connectivity index (χ1) is 8.90. The van der Waals surface area contributed by atoms with Gasteiger partial charge in [0, 0.05) is 15.7 Å². The van der Waals surface area contributed by atoms with E-state index in [1.807, 2.05) is 24.3 Å². The fourth-order valence-electron chi connectivity index (χ4n) is 2.31. The van der Waals surface area contributed by atoms with E-state index in [0.29, 0.717) is 6.61 Å². The summed E-state index contributed by atoms with van der Waals surface area (Å²) in [4.78, 5) is 12.8. The molecule has 0 saturated heterocycles. The highest BCUT2D eigenvalue weighted by atomic mass is 32.2. The highest BCUT2D eigenvalue weighted by Gasteiger charge is 2.25. The van der Waals surface area contributed by atoms with Crippen LogP contribution in [0, 0.1) is 0 Å². The van der Waals surface area contributed by atoms with Gasteiger partial charge < -0.3 is 4.74 Å². The molecule has 2 aromatic carbocycles. The molecule has 0 unspecified atom stereocenters. The van der Waals surface area contributed by atoms with Crippen molar-refractivity contribution in [2.75, 3.05) is 6.61 Å². The van der Waals surface area contributed by atoms with E-state index in [1.54, 1.807) is 11.8 Å². The van der Waals surface area contributed by atoms with Gasteiger partial charge in [-0.3, -0.25) is 0 Å². The van der Waals surface area contributed by atoms with Crippen molar-refractivity contribution in [1.82, 2.24) is 0 Å². The third kappa shape index (κ3) is 1.91. The molecular formula is C15H11O2S. The Morgan fingerprint density at radius 2 is 1.56 bits per heavy atom. The van der Waals surface area contributed by atoms with Crippen LogP contribution < -0.4 is 0 Å². The van der Waals surface area contributed by atoms with Crippen molar-refractivity contribution in [2.24, 2.45) is 0 Å². The second-order valence-electron chi connectivity index (χ2n) is 4.12.